The zero-order valence-electron chi connectivity index (χ0n) is 20.0. The van der Waals surface area contributed by atoms with Crippen LogP contribution in [-0.2, 0) is 4.74 Å². The number of ether oxygens (including phenoxy) is 2. The third kappa shape index (κ3) is 9.37. The lowest BCUT2D eigenvalue weighted by Gasteiger charge is -2.34. The van der Waals surface area contributed by atoms with Crippen molar-refractivity contribution in [2.45, 2.75) is 77.2 Å². The summed E-state index contributed by atoms with van der Waals surface area (Å²) in [4.78, 5) is 17.7. The quantitative estimate of drug-likeness (QED) is 0.429. The molecule has 2 heterocycles. The number of hydrogen-bond acceptors (Lipinski definition) is 5. The molecule has 2 fully saturated rings. The van der Waals surface area contributed by atoms with Crippen molar-refractivity contribution in [3.05, 3.63) is 24.3 Å². The Hall–Kier alpha value is -1.79. The van der Waals surface area contributed by atoms with Gasteiger partial charge in [0.2, 0.25) is 0 Å². The van der Waals surface area contributed by atoms with Gasteiger partial charge in [0, 0.05) is 24.8 Å². The van der Waals surface area contributed by atoms with E-state index in [4.69, 9.17) is 9.47 Å². The molecule has 6 nitrogen and oxygen atoms in total. The van der Waals surface area contributed by atoms with Crippen LogP contribution in [0.15, 0.2) is 24.3 Å². The number of piperidine rings is 2. The van der Waals surface area contributed by atoms with E-state index in [9.17, 15) is 4.79 Å². The number of carbonyl (C=O) groups is 1. The van der Waals surface area contributed by atoms with Crippen molar-refractivity contribution >= 4 is 11.8 Å². The predicted octanol–water partition coefficient (Wildman–Crippen LogP) is 5.53. The molecule has 1 aromatic carbocycles. The monoisotopic (exact) mass is 445 g/mol. The molecule has 0 aliphatic carbocycles. The van der Waals surface area contributed by atoms with Crippen LogP contribution in [0.25, 0.3) is 0 Å². The summed E-state index contributed by atoms with van der Waals surface area (Å²) in [6.45, 7) is 9.01. The van der Waals surface area contributed by atoms with Gasteiger partial charge in [-0.2, -0.15) is 0 Å². The zero-order valence-corrected chi connectivity index (χ0v) is 20.0. The number of nitrogens with zero attached hydrogens (tertiary/aromatic N) is 2. The smallest absolute Gasteiger partial charge is 0.411 e. The van der Waals surface area contributed by atoms with E-state index >= 15 is 0 Å². The molecule has 32 heavy (non-hydrogen) atoms. The summed E-state index contributed by atoms with van der Waals surface area (Å²) < 4.78 is 11.8. The van der Waals surface area contributed by atoms with Gasteiger partial charge < -0.3 is 9.47 Å². The van der Waals surface area contributed by atoms with E-state index in [1.165, 1.54) is 57.8 Å². The highest BCUT2D eigenvalue weighted by atomic mass is 16.6. The average molecular weight is 446 g/mol. The first-order valence-corrected chi connectivity index (χ1v) is 12.9. The minimum absolute atomic E-state index is 0.107. The SMILES string of the molecule is CCCCCCOc1cccc(NC(=O)OC(CN2CCCCC2)CN2CCCCC2)c1. The van der Waals surface area contributed by atoms with Crippen LogP contribution in [0.2, 0.25) is 0 Å². The van der Waals surface area contributed by atoms with Gasteiger partial charge in [-0.15, -0.1) is 0 Å². The molecular formula is C26H43N3O3. The minimum Gasteiger partial charge on any atom is -0.494 e. The Bertz CT molecular complexity index is 637. The lowest BCUT2D eigenvalue weighted by Crippen LogP contribution is -2.45. The van der Waals surface area contributed by atoms with Crippen LogP contribution in [0.4, 0.5) is 10.5 Å². The van der Waals surface area contributed by atoms with E-state index in [-0.39, 0.29) is 12.2 Å². The Morgan fingerprint density at radius 1 is 0.938 bits per heavy atom. The number of nitrogens with one attached hydrogen (secondary N) is 1. The van der Waals surface area contributed by atoms with Crippen molar-refractivity contribution < 1.29 is 14.3 Å². The molecule has 0 spiro atoms. The summed E-state index contributed by atoms with van der Waals surface area (Å²) in [5.74, 6) is 0.789. The van der Waals surface area contributed by atoms with Crippen LogP contribution in [-0.4, -0.2) is 67.9 Å². The molecule has 0 saturated carbocycles. The number of amides is 1. The molecule has 3 rings (SSSR count). The Morgan fingerprint density at radius 2 is 1.59 bits per heavy atom. The molecule has 2 aliphatic heterocycles. The molecule has 1 N–H and O–H groups in total. The molecule has 180 valence electrons. The second-order valence-electron chi connectivity index (χ2n) is 9.31. The molecule has 1 amide bonds. The van der Waals surface area contributed by atoms with Gasteiger partial charge in [0.1, 0.15) is 11.9 Å². The normalized spacial score (nSPS) is 17.9. The molecule has 0 aromatic heterocycles. The van der Waals surface area contributed by atoms with Crippen LogP contribution in [0, 0.1) is 0 Å². The number of rotatable bonds is 12. The van der Waals surface area contributed by atoms with E-state index < -0.39 is 0 Å². The van der Waals surface area contributed by atoms with Gasteiger partial charge in [-0.3, -0.25) is 15.1 Å². The Balaban J connectivity index is 1.50. The lowest BCUT2D eigenvalue weighted by molar-refractivity contribution is 0.0438. The highest BCUT2D eigenvalue weighted by Gasteiger charge is 2.23. The molecule has 0 radical (unpaired) electrons. The van der Waals surface area contributed by atoms with Crippen molar-refractivity contribution in [2.75, 3.05) is 51.2 Å². The molecule has 1 aromatic rings. The van der Waals surface area contributed by atoms with E-state index in [0.717, 1.165) is 57.1 Å². The van der Waals surface area contributed by atoms with Crippen molar-refractivity contribution in [2.24, 2.45) is 0 Å². The van der Waals surface area contributed by atoms with E-state index in [1.807, 2.05) is 24.3 Å². The summed E-state index contributed by atoms with van der Waals surface area (Å²) in [5, 5.41) is 2.92. The van der Waals surface area contributed by atoms with Crippen molar-refractivity contribution in [1.29, 1.82) is 0 Å². The molecule has 2 saturated heterocycles. The largest absolute Gasteiger partial charge is 0.494 e. The Morgan fingerprint density at radius 3 is 2.22 bits per heavy atom. The number of hydrogen-bond donors (Lipinski definition) is 1. The molecular weight excluding hydrogens is 402 g/mol. The average Bonchev–Trinajstić information content (AvgIpc) is 2.80. The Labute approximate surface area is 194 Å². The van der Waals surface area contributed by atoms with Gasteiger partial charge in [0.25, 0.3) is 0 Å². The van der Waals surface area contributed by atoms with Crippen LogP contribution in [0.3, 0.4) is 0 Å². The maximum Gasteiger partial charge on any atom is 0.411 e. The summed E-state index contributed by atoms with van der Waals surface area (Å²) in [7, 11) is 0. The van der Waals surface area contributed by atoms with Crippen molar-refractivity contribution in [3.63, 3.8) is 0 Å². The molecule has 6 heteroatoms. The Kier molecular flexibility index (Phi) is 11.2. The molecule has 0 unspecified atom stereocenters. The van der Waals surface area contributed by atoms with Crippen molar-refractivity contribution in [1.82, 2.24) is 9.80 Å². The molecule has 2 aliphatic rings. The van der Waals surface area contributed by atoms with Crippen LogP contribution < -0.4 is 10.1 Å². The summed E-state index contributed by atoms with van der Waals surface area (Å²) in [6.07, 6.45) is 11.8. The first-order chi connectivity index (χ1) is 15.7. The first-order valence-electron chi connectivity index (χ1n) is 12.9. The van der Waals surface area contributed by atoms with Gasteiger partial charge in [-0.05, 0) is 70.4 Å². The molecule has 0 atom stereocenters. The number of carbonyl (C=O) groups excluding carboxylic acids is 1. The van der Waals surface area contributed by atoms with Gasteiger partial charge in [-0.25, -0.2) is 4.79 Å². The number of anilines is 1. The van der Waals surface area contributed by atoms with E-state index in [2.05, 4.69) is 22.0 Å². The summed E-state index contributed by atoms with van der Waals surface area (Å²) in [6, 6.07) is 7.61. The number of unbranched alkanes of at least 4 members (excludes halogenated alkanes) is 3. The summed E-state index contributed by atoms with van der Waals surface area (Å²) in [5.41, 5.74) is 0.718. The fraction of sp³-hybridized carbons (Fsp3) is 0.731. The van der Waals surface area contributed by atoms with E-state index in [1.54, 1.807) is 0 Å². The fourth-order valence-electron chi connectivity index (χ4n) is 4.67. The lowest BCUT2D eigenvalue weighted by atomic mass is 10.1. The number of likely N-dealkylation sites (tertiary alicyclic amines) is 2. The standard InChI is InChI=1S/C26H43N3O3/c1-2-3-4-11-19-31-24-14-12-13-23(20-24)27-26(30)32-25(21-28-15-7-5-8-16-28)22-29-17-9-6-10-18-29/h12-14,20,25H,2-11,15-19,21-22H2,1H3,(H,27,30). The number of benzene rings is 1. The van der Waals surface area contributed by atoms with Gasteiger partial charge >= 0.3 is 6.09 Å². The fourth-order valence-corrected chi connectivity index (χ4v) is 4.67. The van der Waals surface area contributed by atoms with Gasteiger partial charge in [0.15, 0.2) is 0 Å². The first kappa shape index (κ1) is 24.8. The van der Waals surface area contributed by atoms with Crippen LogP contribution >= 0.6 is 0 Å². The third-order valence-electron chi connectivity index (χ3n) is 6.44. The second-order valence-corrected chi connectivity index (χ2v) is 9.31. The van der Waals surface area contributed by atoms with Crippen molar-refractivity contribution in [3.8, 4) is 5.75 Å². The topological polar surface area (TPSA) is 54.0 Å². The zero-order chi connectivity index (χ0) is 22.4. The van der Waals surface area contributed by atoms with Crippen LogP contribution in [0.1, 0.15) is 71.1 Å². The third-order valence-corrected chi connectivity index (χ3v) is 6.44. The predicted molar refractivity (Wildman–Crippen MR) is 131 cm³/mol. The second kappa shape index (κ2) is 14.4. The van der Waals surface area contributed by atoms with Crippen LogP contribution in [0.5, 0.6) is 5.75 Å². The highest BCUT2D eigenvalue weighted by Crippen LogP contribution is 2.19. The maximum atomic E-state index is 12.7. The van der Waals surface area contributed by atoms with E-state index in [0.29, 0.717) is 6.61 Å². The molecule has 0 bridgehead atoms. The minimum atomic E-state index is -0.371. The maximum absolute atomic E-state index is 12.7. The van der Waals surface area contributed by atoms with Gasteiger partial charge in [-0.1, -0.05) is 45.1 Å². The highest BCUT2D eigenvalue weighted by molar-refractivity contribution is 5.85. The summed E-state index contributed by atoms with van der Waals surface area (Å²) >= 11 is 0. The van der Waals surface area contributed by atoms with Gasteiger partial charge in [0.05, 0.1) is 6.61 Å².